The Labute approximate surface area is 138 Å². The molecule has 1 heterocycles. The van der Waals surface area contributed by atoms with Crippen molar-refractivity contribution in [2.45, 2.75) is 45.3 Å². The van der Waals surface area contributed by atoms with Crippen LogP contribution in [0.15, 0.2) is 24.3 Å². The Morgan fingerprint density at radius 1 is 1.43 bits per heavy atom. The molecule has 1 aliphatic heterocycles. The third kappa shape index (κ3) is 4.94. The maximum absolute atomic E-state index is 12.2. The number of carbonyl (C=O) groups excluding carboxylic acids is 1. The molecule has 0 spiro atoms. The molecule has 0 aliphatic carbocycles. The molecule has 128 valence electrons. The van der Waals surface area contributed by atoms with Crippen LogP contribution in [-0.4, -0.2) is 42.9 Å². The molecule has 3 N–H and O–H groups in total. The highest BCUT2D eigenvalue weighted by molar-refractivity contribution is 5.80. The predicted octanol–water partition coefficient (Wildman–Crippen LogP) is 1.45. The maximum Gasteiger partial charge on any atom is 0.260 e. The number of ether oxygens (including phenoxy) is 1. The van der Waals surface area contributed by atoms with Crippen LogP contribution in [0.25, 0.3) is 0 Å². The van der Waals surface area contributed by atoms with Gasteiger partial charge in [0.25, 0.3) is 5.91 Å². The van der Waals surface area contributed by atoms with Crippen LogP contribution in [0.5, 0.6) is 5.75 Å². The summed E-state index contributed by atoms with van der Waals surface area (Å²) in [7, 11) is 0. The fourth-order valence-corrected chi connectivity index (χ4v) is 2.60. The highest BCUT2D eigenvalue weighted by Crippen LogP contribution is 2.26. The van der Waals surface area contributed by atoms with Gasteiger partial charge in [0, 0.05) is 25.6 Å². The van der Waals surface area contributed by atoms with Gasteiger partial charge < -0.3 is 20.5 Å². The number of benzene rings is 1. The molecule has 1 saturated heterocycles. The van der Waals surface area contributed by atoms with Crippen molar-refractivity contribution in [2.24, 2.45) is 5.92 Å². The Morgan fingerprint density at radius 2 is 2.17 bits per heavy atom. The lowest BCUT2D eigenvalue weighted by molar-refractivity contribution is -0.127. The number of β-amino-alcohol motifs (C(OH)–C–C–N with tert-alkyl or cyclic N) is 1. The van der Waals surface area contributed by atoms with Crippen molar-refractivity contribution in [1.29, 1.82) is 0 Å². The molecule has 2 rings (SSSR count). The number of hydrogen-bond donors (Lipinski definition) is 3. The van der Waals surface area contributed by atoms with Crippen LogP contribution in [0.2, 0.25) is 0 Å². The fourth-order valence-electron chi connectivity index (χ4n) is 2.60. The van der Waals surface area contributed by atoms with Gasteiger partial charge in [-0.1, -0.05) is 32.9 Å². The second kappa shape index (κ2) is 7.32. The zero-order valence-electron chi connectivity index (χ0n) is 14.4. The topological polar surface area (TPSA) is 70.6 Å². The molecular formula is C18H28N2O3. The lowest BCUT2D eigenvalue weighted by Gasteiger charge is -2.21. The minimum absolute atomic E-state index is 0.0382. The Kier molecular flexibility index (Phi) is 5.65. The summed E-state index contributed by atoms with van der Waals surface area (Å²) in [6.07, 6.45) is -0.966. The van der Waals surface area contributed by atoms with E-state index in [9.17, 15) is 9.90 Å². The van der Waals surface area contributed by atoms with Crippen LogP contribution in [0.1, 0.15) is 33.3 Å². The van der Waals surface area contributed by atoms with Gasteiger partial charge in [0.05, 0.1) is 6.10 Å². The van der Waals surface area contributed by atoms with E-state index in [0.717, 1.165) is 6.54 Å². The van der Waals surface area contributed by atoms with E-state index in [4.69, 9.17) is 4.74 Å². The van der Waals surface area contributed by atoms with E-state index in [-0.39, 0.29) is 17.2 Å². The Hall–Kier alpha value is -1.59. The van der Waals surface area contributed by atoms with Crippen molar-refractivity contribution in [1.82, 2.24) is 10.6 Å². The Balaban J connectivity index is 1.88. The minimum Gasteiger partial charge on any atom is -0.481 e. The zero-order chi connectivity index (χ0) is 17.0. The first kappa shape index (κ1) is 17.8. The standard InChI is InChI=1S/C18H28N2O3/c1-12(17(22)20-10-13-9-19-11-16(13)21)23-15-7-5-6-14(8-15)18(2,3)4/h5-8,12-13,16,19,21H,9-11H2,1-4H3,(H,20,22). The maximum atomic E-state index is 12.2. The fraction of sp³-hybridized carbons (Fsp3) is 0.611. The molecule has 0 aromatic heterocycles. The number of hydrogen-bond acceptors (Lipinski definition) is 4. The molecule has 5 heteroatoms. The average molecular weight is 320 g/mol. The van der Waals surface area contributed by atoms with Gasteiger partial charge >= 0.3 is 0 Å². The van der Waals surface area contributed by atoms with Crippen molar-refractivity contribution in [3.05, 3.63) is 29.8 Å². The highest BCUT2D eigenvalue weighted by Gasteiger charge is 2.26. The quantitative estimate of drug-likeness (QED) is 0.768. The van der Waals surface area contributed by atoms with E-state index >= 15 is 0 Å². The summed E-state index contributed by atoms with van der Waals surface area (Å²) < 4.78 is 5.76. The number of nitrogens with one attached hydrogen (secondary N) is 2. The number of amides is 1. The lowest BCUT2D eigenvalue weighted by Crippen LogP contribution is -2.41. The van der Waals surface area contributed by atoms with Crippen molar-refractivity contribution >= 4 is 5.91 Å². The third-order valence-corrected chi connectivity index (χ3v) is 4.22. The van der Waals surface area contributed by atoms with E-state index in [1.165, 1.54) is 5.56 Å². The first-order valence-corrected chi connectivity index (χ1v) is 8.21. The van der Waals surface area contributed by atoms with Gasteiger partial charge in [-0.2, -0.15) is 0 Å². The van der Waals surface area contributed by atoms with Crippen molar-refractivity contribution in [2.75, 3.05) is 19.6 Å². The van der Waals surface area contributed by atoms with E-state index in [2.05, 4.69) is 37.5 Å². The van der Waals surface area contributed by atoms with Gasteiger partial charge in [0.1, 0.15) is 5.75 Å². The second-order valence-corrected chi connectivity index (χ2v) is 7.27. The summed E-state index contributed by atoms with van der Waals surface area (Å²) in [6, 6.07) is 7.85. The van der Waals surface area contributed by atoms with Crippen LogP contribution < -0.4 is 15.4 Å². The van der Waals surface area contributed by atoms with Gasteiger partial charge in [-0.15, -0.1) is 0 Å². The van der Waals surface area contributed by atoms with Gasteiger partial charge in [0.2, 0.25) is 0 Å². The molecule has 0 saturated carbocycles. The zero-order valence-corrected chi connectivity index (χ0v) is 14.4. The number of aliphatic hydroxyl groups is 1. The van der Waals surface area contributed by atoms with Gasteiger partial charge in [-0.3, -0.25) is 4.79 Å². The largest absolute Gasteiger partial charge is 0.481 e. The number of carbonyl (C=O) groups is 1. The number of aliphatic hydroxyl groups excluding tert-OH is 1. The summed E-state index contributed by atoms with van der Waals surface area (Å²) in [5.74, 6) is 0.600. The Morgan fingerprint density at radius 3 is 2.78 bits per heavy atom. The molecule has 3 unspecified atom stereocenters. The lowest BCUT2D eigenvalue weighted by atomic mass is 9.87. The minimum atomic E-state index is -0.572. The molecule has 5 nitrogen and oxygen atoms in total. The van der Waals surface area contributed by atoms with Crippen LogP contribution in [-0.2, 0) is 10.2 Å². The molecule has 0 bridgehead atoms. The van der Waals surface area contributed by atoms with E-state index < -0.39 is 12.2 Å². The monoisotopic (exact) mass is 320 g/mol. The summed E-state index contributed by atoms with van der Waals surface area (Å²) in [6.45, 7) is 9.94. The smallest absolute Gasteiger partial charge is 0.260 e. The number of rotatable bonds is 5. The first-order chi connectivity index (χ1) is 10.8. The van der Waals surface area contributed by atoms with Gasteiger partial charge in [0.15, 0.2) is 6.10 Å². The highest BCUT2D eigenvalue weighted by atomic mass is 16.5. The Bertz CT molecular complexity index is 539. The molecule has 23 heavy (non-hydrogen) atoms. The van der Waals surface area contributed by atoms with Crippen LogP contribution >= 0.6 is 0 Å². The van der Waals surface area contributed by atoms with Crippen molar-refractivity contribution in [3.8, 4) is 5.75 Å². The van der Waals surface area contributed by atoms with E-state index in [1.807, 2.05) is 18.2 Å². The molecule has 1 aliphatic rings. The normalized spacial score (nSPS) is 22.7. The van der Waals surface area contributed by atoms with Crippen LogP contribution in [0, 0.1) is 5.92 Å². The summed E-state index contributed by atoms with van der Waals surface area (Å²) in [4.78, 5) is 12.2. The molecule has 1 amide bonds. The van der Waals surface area contributed by atoms with E-state index in [0.29, 0.717) is 18.8 Å². The SMILES string of the molecule is CC(Oc1cccc(C(C)(C)C)c1)C(=O)NCC1CNCC1O. The third-order valence-electron chi connectivity index (χ3n) is 4.22. The van der Waals surface area contributed by atoms with Crippen molar-refractivity contribution < 1.29 is 14.6 Å². The molecule has 1 aromatic carbocycles. The molecule has 1 aromatic rings. The molecule has 0 radical (unpaired) electrons. The van der Waals surface area contributed by atoms with Crippen molar-refractivity contribution in [3.63, 3.8) is 0 Å². The average Bonchev–Trinajstić information content (AvgIpc) is 2.89. The molecule has 3 atom stereocenters. The summed E-state index contributed by atoms with van der Waals surface area (Å²) in [5, 5.41) is 15.7. The second-order valence-electron chi connectivity index (χ2n) is 7.27. The van der Waals surface area contributed by atoms with Crippen LogP contribution in [0.3, 0.4) is 0 Å². The summed E-state index contributed by atoms with van der Waals surface area (Å²) in [5.41, 5.74) is 1.21. The first-order valence-electron chi connectivity index (χ1n) is 8.21. The molecule has 1 fully saturated rings. The van der Waals surface area contributed by atoms with Crippen LogP contribution in [0.4, 0.5) is 0 Å². The summed E-state index contributed by atoms with van der Waals surface area (Å²) >= 11 is 0. The predicted molar refractivity (Wildman–Crippen MR) is 90.6 cm³/mol. The van der Waals surface area contributed by atoms with E-state index in [1.54, 1.807) is 6.92 Å². The molecular weight excluding hydrogens is 292 g/mol. The van der Waals surface area contributed by atoms with Gasteiger partial charge in [-0.05, 0) is 30.0 Å². The van der Waals surface area contributed by atoms with Gasteiger partial charge in [-0.25, -0.2) is 0 Å².